The number of anilines is 1. The minimum atomic E-state index is -0.570. The van der Waals surface area contributed by atoms with Crippen LogP contribution in [0.1, 0.15) is 42.7 Å². The molecule has 2 bridgehead atoms. The zero-order valence-corrected chi connectivity index (χ0v) is 8.16. The van der Waals surface area contributed by atoms with Crippen LogP contribution in [0, 0.1) is 0 Å². The van der Waals surface area contributed by atoms with Gasteiger partial charge in [0.1, 0.15) is 0 Å². The van der Waals surface area contributed by atoms with E-state index in [1.807, 2.05) is 18.2 Å². The molecule has 0 unspecified atom stereocenters. The quantitative estimate of drug-likeness (QED) is 0.614. The van der Waals surface area contributed by atoms with Crippen molar-refractivity contribution in [2.24, 2.45) is 0 Å². The molecule has 0 spiro atoms. The van der Waals surface area contributed by atoms with E-state index in [4.69, 9.17) is 5.73 Å². The highest BCUT2D eigenvalue weighted by Crippen LogP contribution is 2.53. The van der Waals surface area contributed by atoms with Gasteiger partial charge in [0, 0.05) is 5.69 Å². The van der Waals surface area contributed by atoms with Crippen molar-refractivity contribution in [2.45, 2.75) is 37.2 Å². The van der Waals surface area contributed by atoms with Gasteiger partial charge >= 0.3 is 0 Å². The second kappa shape index (κ2) is 2.51. The van der Waals surface area contributed by atoms with Crippen molar-refractivity contribution in [3.05, 3.63) is 29.3 Å². The van der Waals surface area contributed by atoms with E-state index in [9.17, 15) is 5.11 Å². The third-order valence-electron chi connectivity index (χ3n) is 3.86. The van der Waals surface area contributed by atoms with Gasteiger partial charge in [0.2, 0.25) is 0 Å². The van der Waals surface area contributed by atoms with Gasteiger partial charge in [-0.05, 0) is 48.8 Å². The smallest absolute Gasteiger partial charge is 0.0900 e. The molecule has 14 heavy (non-hydrogen) atoms. The molecule has 0 aromatic heterocycles. The van der Waals surface area contributed by atoms with E-state index < -0.39 is 5.60 Å². The molecule has 4 rings (SSSR count). The van der Waals surface area contributed by atoms with Crippen LogP contribution in [-0.4, -0.2) is 5.11 Å². The Bertz CT molecular complexity index is 378. The van der Waals surface area contributed by atoms with Gasteiger partial charge in [0.15, 0.2) is 0 Å². The lowest BCUT2D eigenvalue weighted by Gasteiger charge is -2.45. The molecule has 1 fully saturated rings. The molecule has 74 valence electrons. The van der Waals surface area contributed by atoms with Crippen molar-refractivity contribution in [3.63, 3.8) is 0 Å². The first-order valence-corrected chi connectivity index (χ1v) is 5.32. The molecule has 3 aliphatic carbocycles. The zero-order chi connectivity index (χ0) is 9.76. The molecule has 1 aromatic rings. The Kier molecular flexibility index (Phi) is 1.49. The van der Waals surface area contributed by atoms with E-state index >= 15 is 0 Å². The summed E-state index contributed by atoms with van der Waals surface area (Å²) in [5.41, 5.74) is 8.60. The number of benzene rings is 1. The van der Waals surface area contributed by atoms with Crippen LogP contribution in [0.3, 0.4) is 0 Å². The Hall–Kier alpha value is -1.02. The van der Waals surface area contributed by atoms with Crippen molar-refractivity contribution >= 4 is 5.69 Å². The lowest BCUT2D eigenvalue weighted by atomic mass is 9.64. The lowest BCUT2D eigenvalue weighted by Crippen LogP contribution is -2.38. The number of nitrogens with two attached hydrogens (primary N) is 1. The average Bonchev–Trinajstić information content (AvgIpc) is 2.19. The van der Waals surface area contributed by atoms with E-state index in [0.717, 1.165) is 36.9 Å². The molecule has 0 saturated heterocycles. The summed E-state index contributed by atoms with van der Waals surface area (Å²) in [7, 11) is 0. The molecule has 1 aromatic carbocycles. The number of fused-ring (bicyclic) bond motifs is 2. The monoisotopic (exact) mass is 189 g/mol. The molecule has 0 aliphatic heterocycles. The van der Waals surface area contributed by atoms with Gasteiger partial charge < -0.3 is 10.8 Å². The van der Waals surface area contributed by atoms with E-state index in [2.05, 4.69) is 0 Å². The van der Waals surface area contributed by atoms with Crippen LogP contribution in [0.4, 0.5) is 5.69 Å². The number of aliphatic hydroxyl groups is 1. The van der Waals surface area contributed by atoms with Crippen molar-refractivity contribution in [2.75, 3.05) is 5.73 Å². The van der Waals surface area contributed by atoms with Crippen LogP contribution in [0.5, 0.6) is 0 Å². The summed E-state index contributed by atoms with van der Waals surface area (Å²) < 4.78 is 0. The van der Waals surface area contributed by atoms with E-state index in [0.29, 0.717) is 5.92 Å². The highest BCUT2D eigenvalue weighted by atomic mass is 16.3. The minimum Gasteiger partial charge on any atom is -0.398 e. The first kappa shape index (κ1) is 8.30. The summed E-state index contributed by atoms with van der Waals surface area (Å²) in [4.78, 5) is 0. The van der Waals surface area contributed by atoms with Gasteiger partial charge in [0.05, 0.1) is 5.60 Å². The number of hydrogen-bond donors (Lipinski definition) is 2. The molecule has 2 heteroatoms. The molecule has 3 N–H and O–H groups in total. The molecule has 0 radical (unpaired) electrons. The van der Waals surface area contributed by atoms with Crippen LogP contribution in [0.2, 0.25) is 0 Å². The Morgan fingerprint density at radius 3 is 2.64 bits per heavy atom. The predicted octanol–water partition coefficient (Wildman–Crippen LogP) is 2.13. The molecular weight excluding hydrogens is 174 g/mol. The lowest BCUT2D eigenvalue weighted by molar-refractivity contribution is -0.0194. The summed E-state index contributed by atoms with van der Waals surface area (Å²) in [6.45, 7) is 0. The minimum absolute atomic E-state index is 0.570. The number of rotatable bonds is 0. The fourth-order valence-corrected chi connectivity index (χ4v) is 3.10. The molecular formula is C12H15NO. The predicted molar refractivity (Wildman–Crippen MR) is 56.0 cm³/mol. The summed E-state index contributed by atoms with van der Waals surface area (Å²) >= 11 is 0. The molecule has 0 heterocycles. The molecule has 3 aliphatic rings. The van der Waals surface area contributed by atoms with Crippen LogP contribution < -0.4 is 5.73 Å². The fraction of sp³-hybridized carbons (Fsp3) is 0.500. The van der Waals surface area contributed by atoms with Crippen molar-refractivity contribution < 1.29 is 5.11 Å². The second-order valence-corrected chi connectivity index (χ2v) is 4.61. The van der Waals surface area contributed by atoms with Crippen molar-refractivity contribution in [1.82, 2.24) is 0 Å². The van der Waals surface area contributed by atoms with Crippen molar-refractivity contribution in [3.8, 4) is 0 Å². The van der Waals surface area contributed by atoms with Gasteiger partial charge in [-0.2, -0.15) is 0 Å². The highest BCUT2D eigenvalue weighted by molar-refractivity contribution is 5.56. The Morgan fingerprint density at radius 1 is 1.29 bits per heavy atom. The van der Waals surface area contributed by atoms with E-state index in [1.165, 1.54) is 5.56 Å². The topological polar surface area (TPSA) is 46.2 Å². The number of hydrogen-bond acceptors (Lipinski definition) is 2. The van der Waals surface area contributed by atoms with Gasteiger partial charge in [0.25, 0.3) is 0 Å². The van der Waals surface area contributed by atoms with E-state index in [1.54, 1.807) is 0 Å². The van der Waals surface area contributed by atoms with Crippen LogP contribution in [-0.2, 0) is 5.60 Å². The van der Waals surface area contributed by atoms with Crippen LogP contribution in [0.15, 0.2) is 18.2 Å². The average molecular weight is 189 g/mol. The molecule has 0 atom stereocenters. The number of nitrogen functional groups attached to an aromatic ring is 1. The maximum absolute atomic E-state index is 10.4. The normalized spacial score (nSPS) is 34.2. The second-order valence-electron chi connectivity index (χ2n) is 4.61. The maximum Gasteiger partial charge on any atom is 0.0900 e. The van der Waals surface area contributed by atoms with Crippen molar-refractivity contribution in [1.29, 1.82) is 0 Å². The Morgan fingerprint density at radius 2 is 2.00 bits per heavy atom. The largest absolute Gasteiger partial charge is 0.398 e. The van der Waals surface area contributed by atoms with Gasteiger partial charge in [-0.25, -0.2) is 0 Å². The summed E-state index contributed by atoms with van der Waals surface area (Å²) in [5.74, 6) is 0.597. The third kappa shape index (κ3) is 0.894. The maximum atomic E-state index is 10.4. The fourth-order valence-electron chi connectivity index (χ4n) is 3.10. The first-order valence-electron chi connectivity index (χ1n) is 5.32. The Labute approximate surface area is 83.7 Å². The molecule has 1 saturated carbocycles. The third-order valence-corrected chi connectivity index (χ3v) is 3.86. The molecule has 2 nitrogen and oxygen atoms in total. The summed E-state index contributed by atoms with van der Waals surface area (Å²) in [6.07, 6.45) is 4.01. The highest BCUT2D eigenvalue weighted by Gasteiger charge is 2.43. The first-order chi connectivity index (χ1) is 6.71. The Balaban J connectivity index is 2.28. The summed E-state index contributed by atoms with van der Waals surface area (Å²) in [6, 6.07) is 5.94. The van der Waals surface area contributed by atoms with Crippen LogP contribution in [0.25, 0.3) is 0 Å². The standard InChI is InChI=1S/C12H15NO/c13-10-3-1-2-9-11(10)8-4-6-12(9,14)7-5-8/h1-3,8,14H,4-7,13H2. The van der Waals surface area contributed by atoms with E-state index in [-0.39, 0.29) is 0 Å². The summed E-state index contributed by atoms with van der Waals surface area (Å²) in [5, 5.41) is 10.4. The molecule has 0 amide bonds. The zero-order valence-electron chi connectivity index (χ0n) is 8.16. The van der Waals surface area contributed by atoms with Gasteiger partial charge in [-0.15, -0.1) is 0 Å². The van der Waals surface area contributed by atoms with Crippen LogP contribution >= 0.6 is 0 Å². The van der Waals surface area contributed by atoms with Gasteiger partial charge in [-0.3, -0.25) is 0 Å². The SMILES string of the molecule is Nc1cccc2c1C1CCC2(O)CC1. The van der Waals surface area contributed by atoms with Gasteiger partial charge in [-0.1, -0.05) is 12.1 Å².